The molecular formula is C35H33ClN4O3S. The van der Waals surface area contributed by atoms with Crippen molar-refractivity contribution in [1.82, 2.24) is 19.7 Å². The van der Waals surface area contributed by atoms with Gasteiger partial charge in [0.1, 0.15) is 10.7 Å². The minimum atomic E-state index is -0.933. The Labute approximate surface area is 265 Å². The average molecular weight is 625 g/mol. The summed E-state index contributed by atoms with van der Waals surface area (Å²) in [7, 11) is 3.34. The van der Waals surface area contributed by atoms with Crippen LogP contribution in [0.25, 0.3) is 54.1 Å². The fourth-order valence-corrected chi connectivity index (χ4v) is 6.84. The summed E-state index contributed by atoms with van der Waals surface area (Å²) in [6.45, 7) is 9.77. The predicted molar refractivity (Wildman–Crippen MR) is 178 cm³/mol. The Hall–Kier alpha value is -4.11. The summed E-state index contributed by atoms with van der Waals surface area (Å²) in [6, 6.07) is 20.0. The molecule has 0 amide bonds. The summed E-state index contributed by atoms with van der Waals surface area (Å²) in [6.07, 6.45) is 0.861. The summed E-state index contributed by atoms with van der Waals surface area (Å²) in [4.78, 5) is 22.9. The van der Waals surface area contributed by atoms with Gasteiger partial charge in [-0.15, -0.1) is 11.3 Å². The van der Waals surface area contributed by atoms with E-state index >= 15 is 0 Å². The first-order valence-corrected chi connectivity index (χ1v) is 15.5. The number of aromatic nitrogens is 4. The monoisotopic (exact) mass is 624 g/mol. The van der Waals surface area contributed by atoms with Crippen molar-refractivity contribution in [3.05, 3.63) is 88.7 Å². The SMILES string of the molecule is COC(=O)[C@@H](OC(C)(C)C)c1c(C)cc2nc(-c3ccc4c(c3)c(-c3cccnc3C)nn4C)sc2c1-c1ccc(Cl)cc1. The molecule has 0 unspecified atom stereocenters. The fourth-order valence-electron chi connectivity index (χ4n) is 5.59. The molecule has 3 aromatic carbocycles. The van der Waals surface area contributed by atoms with Crippen LogP contribution in [0.5, 0.6) is 0 Å². The molecule has 224 valence electrons. The molecule has 0 N–H and O–H groups in total. The Morgan fingerprint density at radius 2 is 1.75 bits per heavy atom. The van der Waals surface area contributed by atoms with Gasteiger partial charge in [-0.1, -0.05) is 23.7 Å². The van der Waals surface area contributed by atoms with E-state index in [0.29, 0.717) is 5.02 Å². The van der Waals surface area contributed by atoms with Crippen LogP contribution < -0.4 is 0 Å². The number of esters is 1. The van der Waals surface area contributed by atoms with Crippen molar-refractivity contribution in [2.45, 2.75) is 46.3 Å². The van der Waals surface area contributed by atoms with E-state index in [1.54, 1.807) is 17.5 Å². The number of carbonyl (C=O) groups excluding carboxylic acids is 1. The molecule has 3 aromatic heterocycles. The highest BCUT2D eigenvalue weighted by Crippen LogP contribution is 2.45. The van der Waals surface area contributed by atoms with Gasteiger partial charge in [0.05, 0.1) is 28.4 Å². The Morgan fingerprint density at radius 1 is 1.02 bits per heavy atom. The number of carbonyl (C=O) groups is 1. The number of rotatable bonds is 6. The maximum atomic E-state index is 13.2. The number of hydrogen-bond donors (Lipinski definition) is 0. The van der Waals surface area contributed by atoms with Crippen molar-refractivity contribution < 1.29 is 14.3 Å². The van der Waals surface area contributed by atoms with Crippen molar-refractivity contribution in [2.75, 3.05) is 7.11 Å². The summed E-state index contributed by atoms with van der Waals surface area (Å²) < 4.78 is 14.5. The number of fused-ring (bicyclic) bond motifs is 2. The van der Waals surface area contributed by atoms with E-state index in [0.717, 1.165) is 70.9 Å². The Morgan fingerprint density at radius 3 is 2.43 bits per heavy atom. The Bertz CT molecular complexity index is 2040. The molecule has 44 heavy (non-hydrogen) atoms. The van der Waals surface area contributed by atoms with E-state index in [-0.39, 0.29) is 0 Å². The molecule has 9 heteroatoms. The lowest BCUT2D eigenvalue weighted by molar-refractivity contribution is -0.164. The van der Waals surface area contributed by atoms with Crippen molar-refractivity contribution in [2.24, 2.45) is 7.05 Å². The van der Waals surface area contributed by atoms with Gasteiger partial charge in [-0.2, -0.15) is 5.10 Å². The zero-order valence-corrected chi connectivity index (χ0v) is 27.3. The second kappa shape index (κ2) is 11.4. The Kier molecular flexibility index (Phi) is 7.78. The second-order valence-corrected chi connectivity index (χ2v) is 13.3. The zero-order valence-electron chi connectivity index (χ0n) is 25.7. The van der Waals surface area contributed by atoms with Crippen LogP contribution in [0, 0.1) is 13.8 Å². The molecule has 1 atom stereocenters. The quantitative estimate of drug-likeness (QED) is 0.172. The lowest BCUT2D eigenvalue weighted by Crippen LogP contribution is -2.29. The molecule has 0 aliphatic carbocycles. The molecule has 0 saturated carbocycles. The number of halogens is 1. The molecule has 6 aromatic rings. The van der Waals surface area contributed by atoms with E-state index in [2.05, 4.69) is 29.2 Å². The van der Waals surface area contributed by atoms with Crippen LogP contribution in [0.3, 0.4) is 0 Å². The third kappa shape index (κ3) is 5.49. The number of nitrogens with zero attached hydrogens (tertiary/aromatic N) is 4. The van der Waals surface area contributed by atoms with Crippen LogP contribution in [0.1, 0.15) is 43.7 Å². The largest absolute Gasteiger partial charge is 0.467 e. The number of ether oxygens (including phenoxy) is 2. The fraction of sp³-hybridized carbons (Fsp3) is 0.257. The summed E-state index contributed by atoms with van der Waals surface area (Å²) in [5, 5.41) is 7.36. The van der Waals surface area contributed by atoms with Gasteiger partial charge in [0.15, 0.2) is 6.10 Å². The smallest absolute Gasteiger partial charge is 0.339 e. The molecule has 0 radical (unpaired) electrons. The van der Waals surface area contributed by atoms with Crippen molar-refractivity contribution in [1.29, 1.82) is 0 Å². The van der Waals surface area contributed by atoms with Crippen LogP contribution >= 0.6 is 22.9 Å². The van der Waals surface area contributed by atoms with Gasteiger partial charge >= 0.3 is 5.97 Å². The van der Waals surface area contributed by atoms with Crippen LogP contribution in [0.4, 0.5) is 0 Å². The average Bonchev–Trinajstić information content (AvgIpc) is 3.55. The predicted octanol–water partition coefficient (Wildman–Crippen LogP) is 8.88. The van der Waals surface area contributed by atoms with E-state index in [1.165, 1.54) is 7.11 Å². The first kappa shape index (κ1) is 29.9. The normalized spacial score (nSPS) is 12.6. The van der Waals surface area contributed by atoms with Gasteiger partial charge in [-0.25, -0.2) is 9.78 Å². The summed E-state index contributed by atoms with van der Waals surface area (Å²) >= 11 is 7.87. The molecule has 6 rings (SSSR count). The zero-order chi connectivity index (χ0) is 31.3. The van der Waals surface area contributed by atoms with Gasteiger partial charge in [0, 0.05) is 51.6 Å². The first-order chi connectivity index (χ1) is 20.9. The van der Waals surface area contributed by atoms with Gasteiger partial charge < -0.3 is 9.47 Å². The summed E-state index contributed by atoms with van der Waals surface area (Å²) in [5.74, 6) is -0.456. The molecule has 0 fully saturated rings. The molecule has 7 nitrogen and oxygen atoms in total. The minimum absolute atomic E-state index is 0.456. The van der Waals surface area contributed by atoms with Crippen LogP contribution in [-0.2, 0) is 21.3 Å². The number of pyridine rings is 1. The molecule has 0 saturated heterocycles. The highest BCUT2D eigenvalue weighted by Gasteiger charge is 2.33. The first-order valence-electron chi connectivity index (χ1n) is 14.3. The van der Waals surface area contributed by atoms with Gasteiger partial charge in [0.25, 0.3) is 0 Å². The standard InChI is InChI=1S/C35H33ClN4O3S/c1-19-17-26-32(29(21-10-13-23(36)14-11-21)28(19)31(34(41)42-7)43-35(3,4)5)44-33(38-26)22-12-15-27-25(18-22)30(39-40(27)6)24-9-8-16-37-20(24)2/h8-18,31H,1-7H3/t31-/m0/s1. The van der Waals surface area contributed by atoms with E-state index in [9.17, 15) is 4.79 Å². The topological polar surface area (TPSA) is 79.1 Å². The maximum absolute atomic E-state index is 13.2. The number of methoxy groups -OCH3 is 1. The van der Waals surface area contributed by atoms with E-state index < -0.39 is 17.7 Å². The highest BCUT2D eigenvalue weighted by molar-refractivity contribution is 7.22. The van der Waals surface area contributed by atoms with Crippen molar-refractivity contribution in [3.8, 4) is 33.0 Å². The van der Waals surface area contributed by atoms with Crippen molar-refractivity contribution >= 4 is 50.0 Å². The number of benzene rings is 3. The van der Waals surface area contributed by atoms with Crippen LogP contribution in [-0.4, -0.2) is 38.4 Å². The number of hydrogen-bond acceptors (Lipinski definition) is 7. The molecule has 0 aliphatic rings. The van der Waals surface area contributed by atoms with Crippen LogP contribution in [0.2, 0.25) is 5.02 Å². The van der Waals surface area contributed by atoms with Gasteiger partial charge in [-0.3, -0.25) is 9.67 Å². The molecule has 3 heterocycles. The lowest BCUT2D eigenvalue weighted by atomic mass is 9.91. The lowest BCUT2D eigenvalue weighted by Gasteiger charge is -2.28. The van der Waals surface area contributed by atoms with E-state index in [4.69, 9.17) is 31.2 Å². The number of thiazole rings is 1. The number of aryl methyl sites for hydroxylation is 3. The summed E-state index contributed by atoms with van der Waals surface area (Å²) in [5.41, 5.74) is 8.49. The molecule has 0 bridgehead atoms. The third-order valence-corrected chi connectivity index (χ3v) is 8.96. The Balaban J connectivity index is 1.59. The van der Waals surface area contributed by atoms with Gasteiger partial charge in [-0.05, 0) is 94.3 Å². The van der Waals surface area contributed by atoms with E-state index in [1.807, 2.05) is 82.7 Å². The van der Waals surface area contributed by atoms with Crippen molar-refractivity contribution in [3.63, 3.8) is 0 Å². The maximum Gasteiger partial charge on any atom is 0.339 e. The van der Waals surface area contributed by atoms with Crippen LogP contribution in [0.15, 0.2) is 66.9 Å². The van der Waals surface area contributed by atoms with Gasteiger partial charge in [0.2, 0.25) is 0 Å². The molecule has 0 spiro atoms. The third-order valence-electron chi connectivity index (χ3n) is 7.57. The highest BCUT2D eigenvalue weighted by atomic mass is 35.5. The molecular weight excluding hydrogens is 592 g/mol. The second-order valence-electron chi connectivity index (χ2n) is 11.8. The molecule has 0 aliphatic heterocycles. The minimum Gasteiger partial charge on any atom is -0.467 e.